The first-order valence-electron chi connectivity index (χ1n) is 5.00. The molecular weight excluding hydrogens is 257 g/mol. The fraction of sp³-hybridized carbons (Fsp3) is 0.0769. The summed E-state index contributed by atoms with van der Waals surface area (Å²) in [6.07, 6.45) is 2.37. The van der Waals surface area contributed by atoms with Crippen molar-refractivity contribution in [1.82, 2.24) is 4.98 Å². The lowest BCUT2D eigenvalue weighted by Gasteiger charge is -2.10. The molecule has 0 saturated carbocycles. The monoisotopic (exact) mass is 265 g/mol. The Morgan fingerprint density at radius 1 is 1.18 bits per heavy atom. The van der Waals surface area contributed by atoms with Gasteiger partial charge in [-0.05, 0) is 30.7 Å². The van der Waals surface area contributed by atoms with Crippen LogP contribution in [0.5, 0.6) is 0 Å². The van der Waals surface area contributed by atoms with Crippen molar-refractivity contribution in [3.63, 3.8) is 0 Å². The number of hydrogen-bond acceptors (Lipinski definition) is 2. The molecule has 0 atom stereocenters. The molecule has 0 unspecified atom stereocenters. The van der Waals surface area contributed by atoms with E-state index in [9.17, 15) is 4.79 Å². The number of carbonyl (C=O) groups excluding carboxylic acids is 1. The third-order valence-electron chi connectivity index (χ3n) is 2.57. The molecule has 0 fully saturated rings. The van der Waals surface area contributed by atoms with Crippen molar-refractivity contribution in [2.24, 2.45) is 0 Å². The fourth-order valence-corrected chi connectivity index (χ4v) is 2.23. The van der Waals surface area contributed by atoms with Gasteiger partial charge in [-0.15, -0.1) is 0 Å². The zero-order valence-electron chi connectivity index (χ0n) is 9.08. The van der Waals surface area contributed by atoms with Crippen LogP contribution in [0.25, 0.3) is 11.3 Å². The van der Waals surface area contributed by atoms with Crippen LogP contribution >= 0.6 is 23.2 Å². The Morgan fingerprint density at radius 3 is 2.41 bits per heavy atom. The summed E-state index contributed by atoms with van der Waals surface area (Å²) < 4.78 is 0. The fourth-order valence-electron chi connectivity index (χ4n) is 1.65. The minimum atomic E-state index is 0.524. The van der Waals surface area contributed by atoms with E-state index in [4.69, 9.17) is 23.2 Å². The molecule has 17 heavy (non-hydrogen) atoms. The second-order valence-corrected chi connectivity index (χ2v) is 4.40. The molecule has 1 aromatic carbocycles. The molecule has 0 bridgehead atoms. The van der Waals surface area contributed by atoms with Crippen molar-refractivity contribution in [3.05, 3.63) is 51.6 Å². The Balaban J connectivity index is 2.73. The highest BCUT2D eigenvalue weighted by Crippen LogP contribution is 2.35. The van der Waals surface area contributed by atoms with E-state index in [-0.39, 0.29) is 0 Å². The lowest BCUT2D eigenvalue weighted by atomic mass is 10.0. The van der Waals surface area contributed by atoms with Crippen molar-refractivity contribution < 1.29 is 4.79 Å². The third-order valence-corrected chi connectivity index (χ3v) is 3.20. The van der Waals surface area contributed by atoms with E-state index in [2.05, 4.69) is 4.98 Å². The number of pyridine rings is 1. The van der Waals surface area contributed by atoms with Gasteiger partial charge in [0.15, 0.2) is 0 Å². The number of aromatic nitrogens is 1. The molecule has 2 nitrogen and oxygen atoms in total. The summed E-state index contributed by atoms with van der Waals surface area (Å²) in [7, 11) is 0. The third kappa shape index (κ3) is 2.19. The summed E-state index contributed by atoms with van der Waals surface area (Å²) in [6, 6.07) is 6.93. The highest BCUT2D eigenvalue weighted by molar-refractivity contribution is 6.39. The van der Waals surface area contributed by atoms with E-state index in [0.29, 0.717) is 26.9 Å². The smallest absolute Gasteiger partial charge is 0.150 e. The molecule has 0 N–H and O–H groups in total. The Bertz CT molecular complexity index is 561. The molecule has 86 valence electrons. The van der Waals surface area contributed by atoms with Gasteiger partial charge in [0.05, 0.1) is 15.7 Å². The molecule has 0 aliphatic heterocycles. The Labute approximate surface area is 109 Å². The Hall–Kier alpha value is -1.38. The topological polar surface area (TPSA) is 30.0 Å². The maximum atomic E-state index is 10.9. The summed E-state index contributed by atoms with van der Waals surface area (Å²) in [6.45, 7) is 1.83. The van der Waals surface area contributed by atoms with Crippen LogP contribution in [0, 0.1) is 6.92 Å². The average Bonchev–Trinajstić information content (AvgIpc) is 2.31. The van der Waals surface area contributed by atoms with Gasteiger partial charge >= 0.3 is 0 Å². The van der Waals surface area contributed by atoms with Crippen LogP contribution < -0.4 is 0 Å². The second kappa shape index (κ2) is 4.86. The molecule has 0 aliphatic carbocycles. The summed E-state index contributed by atoms with van der Waals surface area (Å²) in [5.41, 5.74) is 2.67. The number of aldehydes is 1. The number of halogens is 2. The molecule has 0 spiro atoms. The molecule has 4 heteroatoms. The van der Waals surface area contributed by atoms with E-state index in [1.807, 2.05) is 6.92 Å². The largest absolute Gasteiger partial charge is 0.298 e. The van der Waals surface area contributed by atoms with Gasteiger partial charge in [0, 0.05) is 17.3 Å². The Kier molecular flexibility index (Phi) is 3.46. The number of nitrogens with zero attached hydrogens (tertiary/aromatic N) is 1. The van der Waals surface area contributed by atoms with Crippen molar-refractivity contribution >= 4 is 29.5 Å². The SMILES string of the molecule is Cc1c(C=O)ccnc1-c1c(Cl)cccc1Cl. The minimum Gasteiger partial charge on any atom is -0.298 e. The number of rotatable bonds is 2. The number of benzene rings is 1. The van der Waals surface area contributed by atoms with Crippen molar-refractivity contribution in [3.8, 4) is 11.3 Å². The highest BCUT2D eigenvalue weighted by atomic mass is 35.5. The zero-order chi connectivity index (χ0) is 12.4. The first-order valence-corrected chi connectivity index (χ1v) is 5.76. The van der Waals surface area contributed by atoms with Gasteiger partial charge in [-0.25, -0.2) is 0 Å². The predicted molar refractivity (Wildman–Crippen MR) is 69.8 cm³/mol. The lowest BCUT2D eigenvalue weighted by molar-refractivity contribution is 0.112. The van der Waals surface area contributed by atoms with Gasteiger partial charge in [-0.3, -0.25) is 9.78 Å². The van der Waals surface area contributed by atoms with Gasteiger partial charge < -0.3 is 0 Å². The minimum absolute atomic E-state index is 0.524. The van der Waals surface area contributed by atoms with Crippen LogP contribution in [0.15, 0.2) is 30.5 Å². The Morgan fingerprint density at radius 2 is 1.82 bits per heavy atom. The van der Waals surface area contributed by atoms with E-state index in [0.717, 1.165) is 11.8 Å². The second-order valence-electron chi connectivity index (χ2n) is 3.59. The van der Waals surface area contributed by atoms with E-state index in [1.165, 1.54) is 0 Å². The van der Waals surface area contributed by atoms with Crippen molar-refractivity contribution in [1.29, 1.82) is 0 Å². The van der Waals surface area contributed by atoms with Crippen molar-refractivity contribution in [2.75, 3.05) is 0 Å². The van der Waals surface area contributed by atoms with E-state index < -0.39 is 0 Å². The average molecular weight is 266 g/mol. The van der Waals surface area contributed by atoms with E-state index in [1.54, 1.807) is 30.5 Å². The molecule has 0 saturated heterocycles. The molecule has 1 aromatic heterocycles. The summed E-state index contributed by atoms with van der Waals surface area (Å²) >= 11 is 12.2. The molecule has 2 rings (SSSR count). The predicted octanol–water partition coefficient (Wildman–Crippen LogP) is 4.18. The quantitative estimate of drug-likeness (QED) is 0.763. The van der Waals surface area contributed by atoms with Crippen LogP contribution in [0.3, 0.4) is 0 Å². The number of carbonyl (C=O) groups is 1. The first-order chi connectivity index (χ1) is 8.15. The van der Waals surface area contributed by atoms with Crippen LogP contribution in [0.2, 0.25) is 10.0 Å². The van der Waals surface area contributed by atoms with Crippen LogP contribution in [-0.2, 0) is 0 Å². The van der Waals surface area contributed by atoms with Crippen LogP contribution in [0.1, 0.15) is 15.9 Å². The molecular formula is C13H9Cl2NO. The molecule has 1 heterocycles. The summed E-state index contributed by atoms with van der Waals surface area (Å²) in [5, 5.41) is 1.05. The lowest BCUT2D eigenvalue weighted by Crippen LogP contribution is -1.95. The number of hydrogen-bond donors (Lipinski definition) is 0. The molecule has 0 radical (unpaired) electrons. The normalized spacial score (nSPS) is 10.3. The van der Waals surface area contributed by atoms with Crippen molar-refractivity contribution in [2.45, 2.75) is 6.92 Å². The van der Waals surface area contributed by atoms with Gasteiger partial charge in [0.2, 0.25) is 0 Å². The van der Waals surface area contributed by atoms with Gasteiger partial charge in [-0.2, -0.15) is 0 Å². The maximum absolute atomic E-state index is 10.9. The summed E-state index contributed by atoms with van der Waals surface area (Å²) in [5.74, 6) is 0. The first kappa shape index (κ1) is 12.1. The van der Waals surface area contributed by atoms with Gasteiger partial charge in [0.1, 0.15) is 6.29 Å². The van der Waals surface area contributed by atoms with Crippen LogP contribution in [0.4, 0.5) is 0 Å². The maximum Gasteiger partial charge on any atom is 0.150 e. The summed E-state index contributed by atoms with van der Waals surface area (Å²) in [4.78, 5) is 15.1. The zero-order valence-corrected chi connectivity index (χ0v) is 10.6. The highest BCUT2D eigenvalue weighted by Gasteiger charge is 2.13. The van der Waals surface area contributed by atoms with Gasteiger partial charge in [-0.1, -0.05) is 29.3 Å². The van der Waals surface area contributed by atoms with E-state index >= 15 is 0 Å². The standard InChI is InChI=1S/C13H9Cl2NO/c1-8-9(7-17)5-6-16-13(8)12-10(14)3-2-4-11(12)15/h2-7H,1H3. The molecule has 0 aliphatic rings. The van der Waals surface area contributed by atoms with Crippen LogP contribution in [-0.4, -0.2) is 11.3 Å². The van der Waals surface area contributed by atoms with Gasteiger partial charge in [0.25, 0.3) is 0 Å². The molecule has 2 aromatic rings. The molecule has 0 amide bonds.